The van der Waals surface area contributed by atoms with Crippen LogP contribution in [0.5, 0.6) is 11.5 Å². The predicted molar refractivity (Wildman–Crippen MR) is 116 cm³/mol. The van der Waals surface area contributed by atoms with Crippen LogP contribution in [0.1, 0.15) is 5.56 Å². The van der Waals surface area contributed by atoms with E-state index in [0.29, 0.717) is 22.8 Å². The van der Waals surface area contributed by atoms with E-state index in [9.17, 15) is 22.8 Å². The maximum Gasteiger partial charge on any atom is 0.417 e. The Kier molecular flexibility index (Phi) is 5.20. The summed E-state index contributed by atoms with van der Waals surface area (Å²) in [7, 11) is 0. The van der Waals surface area contributed by atoms with Crippen molar-refractivity contribution in [2.24, 2.45) is 0 Å². The van der Waals surface area contributed by atoms with Gasteiger partial charge in [-0.05, 0) is 42.5 Å². The molecule has 34 heavy (non-hydrogen) atoms. The summed E-state index contributed by atoms with van der Waals surface area (Å²) >= 11 is 5.60. The molecule has 3 heterocycles. The summed E-state index contributed by atoms with van der Waals surface area (Å²) in [5.41, 5.74) is -0.220. The number of rotatable bonds is 4. The summed E-state index contributed by atoms with van der Waals surface area (Å²) in [5, 5.41) is 6.26. The third-order valence-corrected chi connectivity index (χ3v) is 5.47. The third-order valence-electron chi connectivity index (χ3n) is 5.14. The molecule has 0 aliphatic carbocycles. The molecule has 0 saturated carbocycles. The van der Waals surface area contributed by atoms with Crippen molar-refractivity contribution in [2.45, 2.75) is 12.7 Å². The van der Waals surface area contributed by atoms with E-state index in [0.717, 1.165) is 16.7 Å². The minimum Gasteiger partial charge on any atom is -0.454 e. The van der Waals surface area contributed by atoms with Gasteiger partial charge in [-0.2, -0.15) is 18.3 Å². The van der Waals surface area contributed by atoms with Crippen molar-refractivity contribution in [2.75, 3.05) is 12.1 Å². The fourth-order valence-corrected chi connectivity index (χ4v) is 3.75. The van der Waals surface area contributed by atoms with E-state index in [1.807, 2.05) is 0 Å². The van der Waals surface area contributed by atoms with Gasteiger partial charge in [0.15, 0.2) is 11.5 Å². The molecule has 1 aliphatic rings. The average Bonchev–Trinajstić information content (AvgIpc) is 3.43. The highest BCUT2D eigenvalue weighted by Crippen LogP contribution is 2.37. The van der Waals surface area contributed by atoms with Crippen LogP contribution < -0.4 is 20.3 Å². The van der Waals surface area contributed by atoms with Gasteiger partial charge in [0.25, 0.3) is 5.56 Å². The summed E-state index contributed by atoms with van der Waals surface area (Å²) in [6.45, 7) is -0.284. The summed E-state index contributed by atoms with van der Waals surface area (Å²) < 4.78 is 52.3. The lowest BCUT2D eigenvalue weighted by molar-refractivity contribution is -0.137. The molecule has 174 valence electrons. The van der Waals surface area contributed by atoms with Gasteiger partial charge in [0.05, 0.1) is 16.3 Å². The molecule has 8 nitrogen and oxygen atoms in total. The molecule has 1 N–H and O–H groups in total. The molecule has 5 rings (SSSR count). The number of carbonyl (C=O) groups excluding carboxylic acids is 1. The number of amides is 1. The van der Waals surface area contributed by atoms with Gasteiger partial charge in [0.2, 0.25) is 12.7 Å². The van der Waals surface area contributed by atoms with Crippen molar-refractivity contribution in [1.82, 2.24) is 14.2 Å². The molecule has 0 radical (unpaired) electrons. The highest BCUT2D eigenvalue weighted by atomic mass is 35.5. The highest BCUT2D eigenvalue weighted by Gasteiger charge is 2.33. The van der Waals surface area contributed by atoms with Crippen LogP contribution in [-0.2, 0) is 17.5 Å². The Morgan fingerprint density at radius 3 is 2.68 bits per heavy atom. The number of alkyl halides is 3. The van der Waals surface area contributed by atoms with Gasteiger partial charge in [-0.15, -0.1) is 0 Å². The van der Waals surface area contributed by atoms with Crippen LogP contribution in [0, 0.1) is 0 Å². The first-order chi connectivity index (χ1) is 16.2. The second-order valence-electron chi connectivity index (χ2n) is 7.40. The largest absolute Gasteiger partial charge is 0.454 e. The van der Waals surface area contributed by atoms with Gasteiger partial charge >= 0.3 is 6.18 Å². The first-order valence-electron chi connectivity index (χ1n) is 9.84. The summed E-state index contributed by atoms with van der Waals surface area (Å²) in [6, 6.07) is 9.87. The fraction of sp³-hybridized carbons (Fsp3) is 0.136. The van der Waals surface area contributed by atoms with Crippen LogP contribution in [0.2, 0.25) is 5.02 Å². The molecule has 0 fully saturated rings. The summed E-state index contributed by atoms with van der Waals surface area (Å²) in [6.07, 6.45) is -1.80. The topological polar surface area (TPSA) is 86.9 Å². The number of halogens is 4. The lowest BCUT2D eigenvalue weighted by Gasteiger charge is -2.12. The van der Waals surface area contributed by atoms with Gasteiger partial charge < -0.3 is 19.4 Å². The van der Waals surface area contributed by atoms with E-state index in [1.165, 1.54) is 23.0 Å². The Balaban J connectivity index is 1.38. The van der Waals surface area contributed by atoms with Crippen LogP contribution in [-0.4, -0.2) is 26.9 Å². The second kappa shape index (κ2) is 8.10. The maximum absolute atomic E-state index is 13.0. The van der Waals surface area contributed by atoms with Crippen molar-refractivity contribution in [1.29, 1.82) is 0 Å². The Morgan fingerprint density at radius 2 is 1.88 bits per heavy atom. The lowest BCUT2D eigenvalue weighted by atomic mass is 10.1. The van der Waals surface area contributed by atoms with Gasteiger partial charge in [0.1, 0.15) is 12.1 Å². The molecule has 0 unspecified atom stereocenters. The zero-order chi connectivity index (χ0) is 24.0. The minimum absolute atomic E-state index is 0.0923. The number of hydrogen-bond acceptors (Lipinski definition) is 5. The van der Waals surface area contributed by atoms with Crippen LogP contribution in [0.4, 0.5) is 18.9 Å². The first-order valence-corrected chi connectivity index (χ1v) is 10.2. The van der Waals surface area contributed by atoms with Gasteiger partial charge in [-0.1, -0.05) is 11.6 Å². The summed E-state index contributed by atoms with van der Waals surface area (Å²) in [4.78, 5) is 25.3. The van der Waals surface area contributed by atoms with Crippen molar-refractivity contribution in [3.05, 3.63) is 75.8 Å². The number of hydrogen-bond donors (Lipinski definition) is 1. The van der Waals surface area contributed by atoms with Gasteiger partial charge in [-0.25, -0.2) is 4.52 Å². The number of anilines is 1. The molecular formula is C22H14ClF3N4O4. The average molecular weight is 491 g/mol. The quantitative estimate of drug-likeness (QED) is 0.463. The summed E-state index contributed by atoms with van der Waals surface area (Å²) in [5.74, 6) is 0.501. The van der Waals surface area contributed by atoms with Crippen molar-refractivity contribution < 1.29 is 27.4 Å². The molecule has 0 spiro atoms. The molecule has 12 heteroatoms. The second-order valence-corrected chi connectivity index (χ2v) is 7.81. The molecule has 2 aromatic heterocycles. The van der Waals surface area contributed by atoms with Crippen molar-refractivity contribution >= 4 is 28.7 Å². The molecular weight excluding hydrogens is 477 g/mol. The van der Waals surface area contributed by atoms with Gasteiger partial charge in [-0.3, -0.25) is 9.59 Å². The van der Waals surface area contributed by atoms with E-state index in [1.54, 1.807) is 24.3 Å². The van der Waals surface area contributed by atoms with E-state index in [-0.39, 0.29) is 18.0 Å². The monoisotopic (exact) mass is 490 g/mol. The van der Waals surface area contributed by atoms with Crippen molar-refractivity contribution in [3.8, 4) is 22.8 Å². The molecule has 0 bridgehead atoms. The molecule has 1 amide bonds. The Labute approximate surface area is 194 Å². The number of ether oxygens (including phenoxy) is 2. The standard InChI is InChI=1S/C22H14ClF3N4O4/c23-15-3-2-13(8-14(15)22(24,25)26)27-20(31)10-29-5-6-30-17(21(29)32)9-16(28-30)12-1-4-18-19(7-12)34-11-33-18/h1-9H,10-11H2,(H,27,31). The zero-order valence-electron chi connectivity index (χ0n) is 17.1. The maximum atomic E-state index is 13.0. The number of carbonyl (C=O) groups is 1. The smallest absolute Gasteiger partial charge is 0.417 e. The van der Waals surface area contributed by atoms with Crippen LogP contribution in [0.3, 0.4) is 0 Å². The number of benzene rings is 2. The normalized spacial score (nSPS) is 12.8. The molecule has 0 atom stereocenters. The van der Waals surface area contributed by atoms with E-state index in [4.69, 9.17) is 21.1 Å². The molecule has 4 aromatic rings. The highest BCUT2D eigenvalue weighted by molar-refractivity contribution is 6.31. The van der Waals surface area contributed by atoms with Crippen molar-refractivity contribution in [3.63, 3.8) is 0 Å². The molecule has 2 aromatic carbocycles. The lowest BCUT2D eigenvalue weighted by Crippen LogP contribution is -2.28. The molecule has 0 saturated heterocycles. The Morgan fingerprint density at radius 1 is 1.09 bits per heavy atom. The first kappa shape index (κ1) is 21.8. The van der Waals surface area contributed by atoms with Crippen LogP contribution in [0.15, 0.2) is 59.7 Å². The Hall–Kier alpha value is -3.99. The number of nitrogens with one attached hydrogen (secondary N) is 1. The van der Waals surface area contributed by atoms with E-state index >= 15 is 0 Å². The number of nitrogens with zero attached hydrogens (tertiary/aromatic N) is 3. The van der Waals surface area contributed by atoms with E-state index in [2.05, 4.69) is 10.4 Å². The van der Waals surface area contributed by atoms with Gasteiger partial charge in [0, 0.05) is 23.6 Å². The number of fused-ring (bicyclic) bond motifs is 2. The molecule has 1 aliphatic heterocycles. The SMILES string of the molecule is O=C(Cn1ccn2nc(-c3ccc4c(c3)OCO4)cc2c1=O)Nc1ccc(Cl)c(C(F)(F)F)c1. The Bertz CT molecular complexity index is 1500. The van der Waals surface area contributed by atoms with Crippen LogP contribution >= 0.6 is 11.6 Å². The minimum atomic E-state index is -4.67. The third kappa shape index (κ3) is 4.05. The van der Waals surface area contributed by atoms with Crippen LogP contribution in [0.25, 0.3) is 16.8 Å². The fourth-order valence-electron chi connectivity index (χ4n) is 3.52. The van der Waals surface area contributed by atoms with E-state index < -0.39 is 34.8 Å². The number of aromatic nitrogens is 3. The predicted octanol–water partition coefficient (Wildman–Crippen LogP) is 4.20. The zero-order valence-corrected chi connectivity index (χ0v) is 17.9.